The van der Waals surface area contributed by atoms with Crippen molar-refractivity contribution < 1.29 is 23.0 Å². The maximum Gasteiger partial charge on any atom is 0.573 e. The maximum atomic E-state index is 12.1. The van der Waals surface area contributed by atoms with Crippen molar-refractivity contribution in [1.82, 2.24) is 4.90 Å². The highest BCUT2D eigenvalue weighted by Crippen LogP contribution is 2.26. The standard InChI is InChI=1S/C15H21F3N2O2/c16-15(17,18)22-12-5-3-11(4-6-12)13(10-21)14(19)9-20-7-1-2-8-20/h3-6,13-14,21H,1-2,7-10,19H2/t13?,14-/m1/s1. The molecular formula is C15H21F3N2O2. The second-order valence-electron chi connectivity index (χ2n) is 5.58. The molecule has 0 aliphatic carbocycles. The van der Waals surface area contributed by atoms with Crippen LogP contribution >= 0.6 is 0 Å². The average molecular weight is 318 g/mol. The number of halogens is 3. The molecule has 0 amide bonds. The Labute approximate surface area is 127 Å². The predicted molar refractivity (Wildman–Crippen MR) is 76.6 cm³/mol. The van der Waals surface area contributed by atoms with Gasteiger partial charge in [-0.2, -0.15) is 0 Å². The summed E-state index contributed by atoms with van der Waals surface area (Å²) < 4.78 is 40.2. The van der Waals surface area contributed by atoms with E-state index in [9.17, 15) is 18.3 Å². The van der Waals surface area contributed by atoms with Crippen molar-refractivity contribution in [3.05, 3.63) is 29.8 Å². The lowest BCUT2D eigenvalue weighted by molar-refractivity contribution is -0.274. The van der Waals surface area contributed by atoms with Crippen molar-refractivity contribution in [2.75, 3.05) is 26.2 Å². The van der Waals surface area contributed by atoms with E-state index in [1.807, 2.05) is 0 Å². The van der Waals surface area contributed by atoms with E-state index >= 15 is 0 Å². The minimum atomic E-state index is -4.70. The first-order chi connectivity index (χ1) is 10.4. The number of likely N-dealkylation sites (tertiary alicyclic amines) is 1. The zero-order chi connectivity index (χ0) is 16.2. The van der Waals surface area contributed by atoms with Crippen LogP contribution in [0.1, 0.15) is 24.3 Å². The van der Waals surface area contributed by atoms with E-state index in [2.05, 4.69) is 9.64 Å². The zero-order valence-corrected chi connectivity index (χ0v) is 12.2. The van der Waals surface area contributed by atoms with Gasteiger partial charge in [0, 0.05) is 18.5 Å². The molecule has 0 spiro atoms. The molecule has 1 fully saturated rings. The molecule has 1 aromatic rings. The second-order valence-corrected chi connectivity index (χ2v) is 5.58. The molecule has 1 aliphatic rings. The van der Waals surface area contributed by atoms with Crippen LogP contribution in [0, 0.1) is 0 Å². The third kappa shape index (κ3) is 4.86. The number of ether oxygens (including phenoxy) is 1. The van der Waals surface area contributed by atoms with Crippen LogP contribution in [0.5, 0.6) is 5.75 Å². The van der Waals surface area contributed by atoms with Gasteiger partial charge in [-0.15, -0.1) is 13.2 Å². The zero-order valence-electron chi connectivity index (χ0n) is 12.2. The Balaban J connectivity index is 2.00. The topological polar surface area (TPSA) is 58.7 Å². The smallest absolute Gasteiger partial charge is 0.406 e. The predicted octanol–water partition coefficient (Wildman–Crippen LogP) is 2.08. The minimum Gasteiger partial charge on any atom is -0.406 e. The molecule has 1 unspecified atom stereocenters. The maximum absolute atomic E-state index is 12.1. The molecule has 0 bridgehead atoms. The third-order valence-electron chi connectivity index (χ3n) is 3.92. The molecule has 0 aromatic heterocycles. The molecule has 124 valence electrons. The molecule has 22 heavy (non-hydrogen) atoms. The van der Waals surface area contributed by atoms with Crippen molar-refractivity contribution in [2.24, 2.45) is 5.73 Å². The van der Waals surface area contributed by atoms with Crippen LogP contribution in [0.2, 0.25) is 0 Å². The lowest BCUT2D eigenvalue weighted by Gasteiger charge is -2.27. The van der Waals surface area contributed by atoms with Crippen LogP contribution in [0.3, 0.4) is 0 Å². The van der Waals surface area contributed by atoms with Crippen LogP contribution in [-0.2, 0) is 0 Å². The molecule has 0 radical (unpaired) electrons. The van der Waals surface area contributed by atoms with Crippen LogP contribution < -0.4 is 10.5 Å². The Morgan fingerprint density at radius 2 is 1.77 bits per heavy atom. The van der Waals surface area contributed by atoms with Gasteiger partial charge in [-0.3, -0.25) is 0 Å². The van der Waals surface area contributed by atoms with Crippen LogP contribution in [0.15, 0.2) is 24.3 Å². The van der Waals surface area contributed by atoms with Crippen molar-refractivity contribution in [2.45, 2.75) is 31.2 Å². The van der Waals surface area contributed by atoms with Gasteiger partial charge in [0.1, 0.15) is 5.75 Å². The summed E-state index contributed by atoms with van der Waals surface area (Å²) in [5.74, 6) is -0.582. The van der Waals surface area contributed by atoms with Gasteiger partial charge in [0.25, 0.3) is 0 Å². The highest BCUT2D eigenvalue weighted by molar-refractivity contribution is 5.30. The van der Waals surface area contributed by atoms with Gasteiger partial charge in [-0.1, -0.05) is 12.1 Å². The minimum absolute atomic E-state index is 0.144. The molecule has 1 heterocycles. The Morgan fingerprint density at radius 3 is 2.27 bits per heavy atom. The van der Waals surface area contributed by atoms with Crippen molar-refractivity contribution in [1.29, 1.82) is 0 Å². The number of nitrogens with two attached hydrogens (primary N) is 1. The number of benzene rings is 1. The number of nitrogens with zero attached hydrogens (tertiary/aromatic N) is 1. The van der Waals surface area contributed by atoms with Crippen LogP contribution in [0.4, 0.5) is 13.2 Å². The van der Waals surface area contributed by atoms with Crippen molar-refractivity contribution >= 4 is 0 Å². The number of hydrogen-bond acceptors (Lipinski definition) is 4. The van der Waals surface area contributed by atoms with Gasteiger partial charge < -0.3 is 20.5 Å². The monoisotopic (exact) mass is 318 g/mol. The SMILES string of the molecule is N[C@H](CN1CCCC1)C(CO)c1ccc(OC(F)(F)F)cc1. The first kappa shape index (κ1) is 17.1. The normalized spacial score (nSPS) is 19.1. The molecule has 1 aromatic carbocycles. The number of hydrogen-bond donors (Lipinski definition) is 2. The third-order valence-corrected chi connectivity index (χ3v) is 3.92. The fraction of sp³-hybridized carbons (Fsp3) is 0.600. The molecule has 3 N–H and O–H groups in total. The highest BCUT2D eigenvalue weighted by atomic mass is 19.4. The van der Waals surface area contributed by atoms with E-state index in [4.69, 9.17) is 5.73 Å². The molecular weight excluding hydrogens is 297 g/mol. The summed E-state index contributed by atoms with van der Waals surface area (Å²) in [5.41, 5.74) is 6.88. The van der Waals surface area contributed by atoms with E-state index < -0.39 is 6.36 Å². The van der Waals surface area contributed by atoms with E-state index in [0.29, 0.717) is 12.1 Å². The molecule has 2 rings (SSSR count). The average Bonchev–Trinajstić information content (AvgIpc) is 2.92. The lowest BCUT2D eigenvalue weighted by Crippen LogP contribution is -2.41. The number of aliphatic hydroxyl groups excluding tert-OH is 1. The van der Waals surface area contributed by atoms with E-state index in [1.165, 1.54) is 24.3 Å². The van der Waals surface area contributed by atoms with Crippen LogP contribution in [0.25, 0.3) is 0 Å². The fourth-order valence-corrected chi connectivity index (χ4v) is 2.80. The summed E-state index contributed by atoms with van der Waals surface area (Å²) in [4.78, 5) is 2.24. The molecule has 0 saturated carbocycles. The Kier molecular flexibility index (Phi) is 5.66. The summed E-state index contributed by atoms with van der Waals surface area (Å²) in [6.45, 7) is 2.54. The molecule has 4 nitrogen and oxygen atoms in total. The van der Waals surface area contributed by atoms with Gasteiger partial charge in [-0.25, -0.2) is 0 Å². The van der Waals surface area contributed by atoms with E-state index in [1.54, 1.807) is 0 Å². The largest absolute Gasteiger partial charge is 0.573 e. The first-order valence-corrected chi connectivity index (χ1v) is 7.33. The summed E-state index contributed by atoms with van der Waals surface area (Å²) in [7, 11) is 0. The lowest BCUT2D eigenvalue weighted by atomic mass is 9.92. The Bertz CT molecular complexity index is 459. The van der Waals surface area contributed by atoms with Gasteiger partial charge in [0.2, 0.25) is 0 Å². The molecule has 1 saturated heterocycles. The summed E-state index contributed by atoms with van der Waals surface area (Å²) in [6.07, 6.45) is -2.40. The van der Waals surface area contributed by atoms with Gasteiger partial charge >= 0.3 is 6.36 Å². The van der Waals surface area contributed by atoms with E-state index in [-0.39, 0.29) is 24.3 Å². The molecule has 2 atom stereocenters. The second kappa shape index (κ2) is 7.30. The summed E-state index contributed by atoms with van der Waals surface area (Å²) in [5, 5.41) is 9.57. The fourth-order valence-electron chi connectivity index (χ4n) is 2.80. The Hall–Kier alpha value is -1.31. The number of aliphatic hydroxyl groups is 1. The van der Waals surface area contributed by atoms with Crippen molar-refractivity contribution in [3.63, 3.8) is 0 Å². The first-order valence-electron chi connectivity index (χ1n) is 7.33. The molecule has 1 aliphatic heterocycles. The summed E-state index contributed by atoms with van der Waals surface area (Å²) in [6, 6.07) is 5.26. The highest BCUT2D eigenvalue weighted by Gasteiger charge is 2.31. The van der Waals surface area contributed by atoms with Crippen LogP contribution in [-0.4, -0.2) is 48.7 Å². The van der Waals surface area contributed by atoms with Gasteiger partial charge in [-0.05, 0) is 43.6 Å². The molecule has 7 heteroatoms. The van der Waals surface area contributed by atoms with Gasteiger partial charge in [0.05, 0.1) is 6.61 Å². The number of rotatable bonds is 6. The Morgan fingerprint density at radius 1 is 1.18 bits per heavy atom. The van der Waals surface area contributed by atoms with E-state index in [0.717, 1.165) is 25.9 Å². The quantitative estimate of drug-likeness (QED) is 0.843. The van der Waals surface area contributed by atoms with Crippen molar-refractivity contribution in [3.8, 4) is 5.75 Å². The van der Waals surface area contributed by atoms with Gasteiger partial charge in [0.15, 0.2) is 0 Å². The summed E-state index contributed by atoms with van der Waals surface area (Å²) >= 11 is 0. The number of alkyl halides is 3.